The van der Waals surface area contributed by atoms with E-state index in [1.165, 1.54) is 6.42 Å². The first kappa shape index (κ1) is 12.0. The monoisotopic (exact) mass is 240 g/mol. The van der Waals surface area contributed by atoms with Crippen LogP contribution in [0.15, 0.2) is 30.5 Å². The van der Waals surface area contributed by atoms with Crippen LogP contribution in [0.2, 0.25) is 0 Å². The Balaban J connectivity index is 2.16. The van der Waals surface area contributed by atoms with Crippen molar-refractivity contribution in [2.24, 2.45) is 0 Å². The van der Waals surface area contributed by atoms with Crippen molar-refractivity contribution in [2.75, 3.05) is 0 Å². The van der Waals surface area contributed by atoms with Gasteiger partial charge >= 0.3 is 6.18 Å². The Kier molecular flexibility index (Phi) is 3.13. The molecule has 2 aromatic rings. The van der Waals surface area contributed by atoms with Crippen molar-refractivity contribution in [3.8, 4) is 0 Å². The summed E-state index contributed by atoms with van der Waals surface area (Å²) >= 11 is 0. The lowest BCUT2D eigenvalue weighted by atomic mass is 9.96. The average molecular weight is 240 g/mol. The van der Waals surface area contributed by atoms with Crippen molar-refractivity contribution in [1.82, 2.24) is 4.98 Å². The largest absolute Gasteiger partial charge is 0.389 e. The van der Waals surface area contributed by atoms with E-state index in [0.717, 1.165) is 16.5 Å². The molecule has 1 unspecified atom stereocenters. The summed E-state index contributed by atoms with van der Waals surface area (Å²) in [7, 11) is 0. The van der Waals surface area contributed by atoms with Crippen molar-refractivity contribution in [1.29, 1.82) is 0 Å². The fourth-order valence-corrected chi connectivity index (χ4v) is 1.91. The van der Waals surface area contributed by atoms with Gasteiger partial charge in [-0.2, -0.15) is 13.2 Å². The normalized spacial score (nSPS) is 14.1. The first-order valence-corrected chi connectivity index (χ1v) is 5.43. The molecule has 0 saturated heterocycles. The molecule has 0 spiro atoms. The summed E-state index contributed by atoms with van der Waals surface area (Å²) < 4.78 is 36.4. The highest BCUT2D eigenvalue weighted by Gasteiger charge is 2.28. The third kappa shape index (κ3) is 2.81. The number of alkyl halides is 3. The number of fused-ring (bicyclic) bond motifs is 1. The Morgan fingerprint density at radius 2 is 2.00 bits per heavy atom. The van der Waals surface area contributed by atoms with Gasteiger partial charge < -0.3 is 4.98 Å². The van der Waals surface area contributed by atoms with Crippen molar-refractivity contribution < 1.29 is 13.2 Å². The van der Waals surface area contributed by atoms with E-state index in [9.17, 15) is 13.2 Å². The van der Waals surface area contributed by atoms with Crippen LogP contribution in [0.3, 0.4) is 0 Å². The van der Waals surface area contributed by atoms with E-state index in [-0.39, 0.29) is 5.92 Å². The molecule has 0 aliphatic carbocycles. The molecule has 1 radical (unpaired) electrons. The molecule has 1 atom stereocenters. The molecule has 91 valence electrons. The molecule has 0 aliphatic rings. The summed E-state index contributed by atoms with van der Waals surface area (Å²) in [4.78, 5) is 3.06. The van der Waals surface area contributed by atoms with Crippen LogP contribution in [-0.2, 0) is 0 Å². The first-order valence-electron chi connectivity index (χ1n) is 5.43. The molecule has 1 aromatic carbocycles. The van der Waals surface area contributed by atoms with Crippen LogP contribution < -0.4 is 0 Å². The van der Waals surface area contributed by atoms with E-state index in [2.05, 4.69) is 4.98 Å². The number of aromatic nitrogens is 1. The molecule has 1 nitrogen and oxygen atoms in total. The number of aromatic amines is 1. The predicted octanol–water partition coefficient (Wildman–Crippen LogP) is 4.43. The highest BCUT2D eigenvalue weighted by molar-refractivity contribution is 5.83. The van der Waals surface area contributed by atoms with Gasteiger partial charge in [0.1, 0.15) is 0 Å². The second kappa shape index (κ2) is 4.43. The summed E-state index contributed by atoms with van der Waals surface area (Å²) in [5.74, 6) is -0.215. The van der Waals surface area contributed by atoms with E-state index in [1.807, 2.05) is 24.3 Å². The van der Waals surface area contributed by atoms with E-state index in [4.69, 9.17) is 0 Å². The van der Waals surface area contributed by atoms with Crippen LogP contribution in [0.5, 0.6) is 0 Å². The Morgan fingerprint density at radius 1 is 1.29 bits per heavy atom. The molecule has 17 heavy (non-hydrogen) atoms. The minimum atomic E-state index is -4.12. The zero-order valence-corrected chi connectivity index (χ0v) is 9.38. The Hall–Kier alpha value is -1.45. The molecule has 0 amide bonds. The summed E-state index contributed by atoms with van der Waals surface area (Å²) in [6.07, 6.45) is -1.90. The second-order valence-electron chi connectivity index (χ2n) is 4.13. The van der Waals surface area contributed by atoms with Crippen molar-refractivity contribution in [3.05, 3.63) is 42.4 Å². The van der Waals surface area contributed by atoms with Gasteiger partial charge in [-0.1, -0.05) is 25.1 Å². The smallest absolute Gasteiger partial charge is 0.361 e. The summed E-state index contributed by atoms with van der Waals surface area (Å²) in [5, 5.41) is 0.985. The van der Waals surface area contributed by atoms with Gasteiger partial charge in [-0.25, -0.2) is 0 Å². The Labute approximate surface area is 97.6 Å². The van der Waals surface area contributed by atoms with Gasteiger partial charge in [-0.05, 0) is 24.0 Å². The van der Waals surface area contributed by atoms with Crippen LogP contribution in [0, 0.1) is 6.42 Å². The number of nitrogens with one attached hydrogen (secondary N) is 1. The Bertz CT molecular complexity index is 499. The second-order valence-corrected chi connectivity index (χ2v) is 4.13. The lowest BCUT2D eigenvalue weighted by molar-refractivity contribution is -0.128. The summed E-state index contributed by atoms with van der Waals surface area (Å²) in [5.41, 5.74) is 1.86. The maximum absolute atomic E-state index is 12.1. The Morgan fingerprint density at radius 3 is 2.71 bits per heavy atom. The van der Waals surface area contributed by atoms with Crippen LogP contribution in [0.1, 0.15) is 24.8 Å². The molecule has 2 rings (SSSR count). The summed E-state index contributed by atoms with van der Waals surface area (Å²) in [6, 6.07) is 7.61. The number of benzene rings is 1. The van der Waals surface area contributed by atoms with E-state index in [1.54, 1.807) is 13.1 Å². The van der Waals surface area contributed by atoms with Crippen molar-refractivity contribution in [3.63, 3.8) is 0 Å². The van der Waals surface area contributed by atoms with Gasteiger partial charge in [0.25, 0.3) is 0 Å². The molecule has 0 aliphatic heterocycles. The lowest BCUT2D eigenvalue weighted by Crippen LogP contribution is -2.09. The molecule has 0 fully saturated rings. The predicted molar refractivity (Wildman–Crippen MR) is 61.7 cm³/mol. The van der Waals surface area contributed by atoms with Crippen LogP contribution in [-0.4, -0.2) is 11.2 Å². The maximum Gasteiger partial charge on any atom is 0.389 e. The number of halogens is 3. The van der Waals surface area contributed by atoms with Crippen LogP contribution >= 0.6 is 0 Å². The first-order chi connectivity index (χ1) is 7.97. The quantitative estimate of drug-likeness (QED) is 0.817. The molecular weight excluding hydrogens is 227 g/mol. The molecule has 1 heterocycles. The highest BCUT2D eigenvalue weighted by atomic mass is 19.4. The van der Waals surface area contributed by atoms with Gasteiger partial charge in [-0.3, -0.25) is 0 Å². The van der Waals surface area contributed by atoms with Crippen molar-refractivity contribution in [2.45, 2.75) is 25.4 Å². The lowest BCUT2D eigenvalue weighted by Gasteiger charge is -2.12. The average Bonchev–Trinajstić information content (AvgIpc) is 2.68. The minimum absolute atomic E-state index is 0.215. The summed E-state index contributed by atoms with van der Waals surface area (Å²) in [6.45, 7) is 1.78. The molecule has 1 N–H and O–H groups in total. The minimum Gasteiger partial charge on any atom is -0.361 e. The van der Waals surface area contributed by atoms with Gasteiger partial charge in [0.15, 0.2) is 0 Å². The maximum atomic E-state index is 12.1. The third-order valence-electron chi connectivity index (χ3n) is 2.81. The fourth-order valence-electron chi connectivity index (χ4n) is 1.91. The standard InChI is InChI=1S/C13H13F3N/c1-9(6-7-13(14,15)16)11-8-17-12-5-3-2-4-10(11)12/h2-6,8-9,17H,7H2,1H3. The van der Waals surface area contributed by atoms with E-state index < -0.39 is 12.6 Å². The number of para-hydroxylation sites is 1. The molecule has 0 bridgehead atoms. The number of hydrogen-bond donors (Lipinski definition) is 1. The van der Waals surface area contributed by atoms with Crippen LogP contribution in [0.4, 0.5) is 13.2 Å². The van der Waals surface area contributed by atoms with Gasteiger partial charge in [-0.15, -0.1) is 0 Å². The fraction of sp³-hybridized carbons (Fsp3) is 0.308. The SMILES string of the molecule is CC([CH]CC(F)(F)F)c1c[nH]c2ccccc12. The molecule has 1 aromatic heterocycles. The van der Waals surface area contributed by atoms with E-state index in [0.29, 0.717) is 0 Å². The van der Waals surface area contributed by atoms with Crippen molar-refractivity contribution >= 4 is 10.9 Å². The zero-order valence-electron chi connectivity index (χ0n) is 9.38. The topological polar surface area (TPSA) is 15.8 Å². The highest BCUT2D eigenvalue weighted by Crippen LogP contribution is 2.31. The third-order valence-corrected chi connectivity index (χ3v) is 2.81. The number of H-pyrrole nitrogens is 1. The molecule has 0 saturated carbocycles. The molecular formula is C13H13F3N. The number of rotatable bonds is 3. The van der Waals surface area contributed by atoms with Gasteiger partial charge in [0.05, 0.1) is 0 Å². The van der Waals surface area contributed by atoms with E-state index >= 15 is 0 Å². The number of hydrogen-bond acceptors (Lipinski definition) is 0. The van der Waals surface area contributed by atoms with Gasteiger partial charge in [0, 0.05) is 23.5 Å². The zero-order chi connectivity index (χ0) is 12.5. The van der Waals surface area contributed by atoms with Gasteiger partial charge in [0.2, 0.25) is 0 Å². The molecule has 4 heteroatoms. The van der Waals surface area contributed by atoms with Crippen LogP contribution in [0.25, 0.3) is 10.9 Å².